The van der Waals surface area contributed by atoms with Gasteiger partial charge in [-0.1, -0.05) is 19.1 Å². The number of halogens is 2. The van der Waals surface area contributed by atoms with Crippen molar-refractivity contribution in [2.45, 2.75) is 38.2 Å². The molecule has 3 heterocycles. The van der Waals surface area contributed by atoms with Crippen molar-refractivity contribution in [1.29, 1.82) is 0 Å². The number of carbonyl (C=O) groups excluding carboxylic acids is 1. The van der Waals surface area contributed by atoms with E-state index in [4.69, 9.17) is 13.9 Å². The van der Waals surface area contributed by atoms with Gasteiger partial charge in [-0.3, -0.25) is 4.79 Å². The largest absolute Gasteiger partial charge is 0.489 e. The highest BCUT2D eigenvalue weighted by Gasteiger charge is 2.25. The van der Waals surface area contributed by atoms with Gasteiger partial charge < -0.3 is 18.8 Å². The predicted molar refractivity (Wildman–Crippen MR) is 117 cm³/mol. The number of hydrogen-bond acceptors (Lipinski definition) is 7. The van der Waals surface area contributed by atoms with E-state index in [1.54, 1.807) is 12.3 Å². The first kappa shape index (κ1) is 22.7. The molecule has 0 saturated carbocycles. The lowest BCUT2D eigenvalue weighted by atomic mass is 9.95. The van der Waals surface area contributed by atoms with E-state index in [-0.39, 0.29) is 29.4 Å². The summed E-state index contributed by atoms with van der Waals surface area (Å²) in [5.74, 6) is 1.17. The predicted octanol–water partition coefficient (Wildman–Crippen LogP) is 4.75. The van der Waals surface area contributed by atoms with Crippen LogP contribution in [-0.2, 0) is 0 Å². The summed E-state index contributed by atoms with van der Waals surface area (Å²) in [5.41, 5.74) is 1.90. The molecule has 4 rings (SSSR count). The number of anilines is 1. The van der Waals surface area contributed by atoms with Crippen molar-refractivity contribution < 1.29 is 27.5 Å². The van der Waals surface area contributed by atoms with E-state index in [2.05, 4.69) is 14.9 Å². The lowest BCUT2D eigenvalue weighted by molar-refractivity contribution is 0.0796. The zero-order valence-electron chi connectivity index (χ0n) is 18.2. The Hall–Kier alpha value is -3.49. The summed E-state index contributed by atoms with van der Waals surface area (Å²) in [6, 6.07) is 11.3. The summed E-state index contributed by atoms with van der Waals surface area (Å²) in [6.45, 7) is 2.77. The minimum absolute atomic E-state index is 0.0000912. The summed E-state index contributed by atoms with van der Waals surface area (Å²) in [6.07, 6.45) is 2.87. The molecule has 1 aromatic carbocycles. The summed E-state index contributed by atoms with van der Waals surface area (Å²) in [5, 5.41) is 0. The molecule has 33 heavy (non-hydrogen) atoms. The summed E-state index contributed by atoms with van der Waals surface area (Å²) >= 11 is 0. The quantitative estimate of drug-likeness (QED) is 0.407. The van der Waals surface area contributed by atoms with Crippen LogP contribution < -0.4 is 14.4 Å². The SMILES string of the molecule is C[C@H](CC(=O)c1cnco1)c1ccc(OC2CCN(c3ccnc(OCC(F)F)c3)C2)cc1. The van der Waals surface area contributed by atoms with Gasteiger partial charge in [-0.15, -0.1) is 0 Å². The number of nitrogens with zero attached hydrogens (tertiary/aromatic N) is 3. The number of rotatable bonds is 10. The second kappa shape index (κ2) is 10.4. The third-order valence-electron chi connectivity index (χ3n) is 5.54. The molecule has 1 fully saturated rings. The van der Waals surface area contributed by atoms with Crippen molar-refractivity contribution in [3.05, 3.63) is 66.5 Å². The van der Waals surface area contributed by atoms with Crippen molar-refractivity contribution in [1.82, 2.24) is 9.97 Å². The van der Waals surface area contributed by atoms with Crippen LogP contribution in [0.25, 0.3) is 0 Å². The van der Waals surface area contributed by atoms with Gasteiger partial charge in [-0.2, -0.15) is 0 Å². The molecule has 2 aromatic heterocycles. The fraction of sp³-hybridized carbons (Fsp3) is 0.375. The van der Waals surface area contributed by atoms with Gasteiger partial charge in [-0.25, -0.2) is 18.7 Å². The van der Waals surface area contributed by atoms with Crippen LogP contribution in [0, 0.1) is 0 Å². The smallest absolute Gasteiger partial charge is 0.272 e. The Kier molecular flexibility index (Phi) is 7.16. The number of Topliss-reactive ketones (excluding diaryl/α,β-unsaturated/α-hetero) is 1. The monoisotopic (exact) mass is 457 g/mol. The van der Waals surface area contributed by atoms with E-state index in [0.717, 1.165) is 30.0 Å². The second-order valence-electron chi connectivity index (χ2n) is 7.99. The fourth-order valence-electron chi connectivity index (χ4n) is 3.80. The Labute approximate surface area is 190 Å². The number of oxazole rings is 1. The van der Waals surface area contributed by atoms with Crippen LogP contribution in [0.1, 0.15) is 41.8 Å². The maximum Gasteiger partial charge on any atom is 0.272 e. The Morgan fingerprint density at radius 3 is 2.82 bits per heavy atom. The topological polar surface area (TPSA) is 77.7 Å². The lowest BCUT2D eigenvalue weighted by Crippen LogP contribution is -2.24. The Bertz CT molecular complexity index is 1040. The Morgan fingerprint density at radius 1 is 1.27 bits per heavy atom. The van der Waals surface area contributed by atoms with Crippen LogP contribution in [0.5, 0.6) is 11.6 Å². The van der Waals surface area contributed by atoms with Gasteiger partial charge in [-0.05, 0) is 29.7 Å². The second-order valence-corrected chi connectivity index (χ2v) is 7.99. The first-order valence-corrected chi connectivity index (χ1v) is 10.8. The van der Waals surface area contributed by atoms with E-state index in [1.807, 2.05) is 37.3 Å². The third kappa shape index (κ3) is 6.06. The zero-order chi connectivity index (χ0) is 23.2. The maximum atomic E-state index is 12.4. The molecule has 0 aliphatic carbocycles. The van der Waals surface area contributed by atoms with Crippen molar-refractivity contribution in [2.24, 2.45) is 0 Å². The number of ketones is 1. The van der Waals surface area contributed by atoms with Crippen LogP contribution in [0.15, 0.2) is 59.6 Å². The van der Waals surface area contributed by atoms with Gasteiger partial charge in [0.05, 0.1) is 12.7 Å². The number of pyridine rings is 1. The molecule has 7 nitrogen and oxygen atoms in total. The molecule has 1 aliphatic rings. The average molecular weight is 457 g/mol. The molecule has 0 spiro atoms. The minimum Gasteiger partial charge on any atom is -0.489 e. The minimum atomic E-state index is -2.54. The summed E-state index contributed by atoms with van der Waals surface area (Å²) in [7, 11) is 0. The van der Waals surface area contributed by atoms with Gasteiger partial charge in [0, 0.05) is 37.3 Å². The summed E-state index contributed by atoms with van der Waals surface area (Å²) in [4.78, 5) is 22.1. The number of carbonyl (C=O) groups is 1. The molecule has 0 bridgehead atoms. The molecule has 0 N–H and O–H groups in total. The van der Waals surface area contributed by atoms with Gasteiger partial charge >= 0.3 is 0 Å². The highest BCUT2D eigenvalue weighted by atomic mass is 19.3. The molecule has 0 amide bonds. The van der Waals surface area contributed by atoms with Gasteiger partial charge in [0.1, 0.15) is 11.9 Å². The van der Waals surface area contributed by atoms with Gasteiger partial charge in [0.15, 0.2) is 24.5 Å². The van der Waals surface area contributed by atoms with Crippen molar-refractivity contribution >= 4 is 11.5 Å². The third-order valence-corrected chi connectivity index (χ3v) is 5.54. The standard InChI is InChI=1S/C24H25F2N3O4/c1-16(10-21(30)22-12-27-15-32-22)17-2-4-19(5-3-17)33-20-7-9-29(13-20)18-6-8-28-24(11-18)31-14-23(25)26/h2-6,8,11-12,15-16,20,23H,7,9-10,13-14H2,1H3/t16-,20?/m1/s1. The van der Waals surface area contributed by atoms with Crippen molar-refractivity contribution in [2.75, 3.05) is 24.6 Å². The van der Waals surface area contributed by atoms with Crippen molar-refractivity contribution in [3.8, 4) is 11.6 Å². The number of aromatic nitrogens is 2. The molecule has 1 saturated heterocycles. The first-order valence-electron chi connectivity index (χ1n) is 10.8. The van der Waals surface area contributed by atoms with E-state index in [0.29, 0.717) is 13.0 Å². The highest BCUT2D eigenvalue weighted by molar-refractivity contribution is 5.93. The van der Waals surface area contributed by atoms with Crippen LogP contribution >= 0.6 is 0 Å². The molecule has 1 aliphatic heterocycles. The van der Waals surface area contributed by atoms with E-state index in [1.165, 1.54) is 12.6 Å². The number of hydrogen-bond donors (Lipinski definition) is 0. The molecule has 0 radical (unpaired) electrons. The summed E-state index contributed by atoms with van der Waals surface area (Å²) < 4.78 is 40.9. The maximum absolute atomic E-state index is 12.4. The Morgan fingerprint density at radius 2 is 2.09 bits per heavy atom. The molecule has 174 valence electrons. The van der Waals surface area contributed by atoms with Gasteiger partial charge in [0.25, 0.3) is 6.43 Å². The molecular weight excluding hydrogens is 432 g/mol. The molecule has 3 aromatic rings. The average Bonchev–Trinajstić information content (AvgIpc) is 3.51. The van der Waals surface area contributed by atoms with Gasteiger partial charge in [0.2, 0.25) is 5.88 Å². The lowest BCUT2D eigenvalue weighted by Gasteiger charge is -2.20. The normalized spacial score (nSPS) is 16.7. The van der Waals surface area contributed by atoms with Crippen molar-refractivity contribution in [3.63, 3.8) is 0 Å². The van der Waals surface area contributed by atoms with Crippen LogP contribution in [0.4, 0.5) is 14.5 Å². The van der Waals surface area contributed by atoms with E-state index < -0.39 is 13.0 Å². The van der Waals surface area contributed by atoms with Crippen LogP contribution in [-0.4, -0.2) is 48.0 Å². The van der Waals surface area contributed by atoms with E-state index in [9.17, 15) is 13.6 Å². The van der Waals surface area contributed by atoms with Crippen LogP contribution in [0.2, 0.25) is 0 Å². The molecule has 1 unspecified atom stereocenters. The molecule has 2 atom stereocenters. The van der Waals surface area contributed by atoms with E-state index >= 15 is 0 Å². The fourth-order valence-corrected chi connectivity index (χ4v) is 3.80. The number of benzene rings is 1. The molecule has 9 heteroatoms. The highest BCUT2D eigenvalue weighted by Crippen LogP contribution is 2.27. The first-order chi connectivity index (χ1) is 16.0. The number of alkyl halides is 2. The Balaban J connectivity index is 1.29. The zero-order valence-corrected chi connectivity index (χ0v) is 18.2. The number of ether oxygens (including phenoxy) is 2. The van der Waals surface area contributed by atoms with Crippen LogP contribution in [0.3, 0.4) is 0 Å². The molecular formula is C24H25F2N3O4.